The molecule has 0 spiro atoms. The molecule has 136 valence electrons. The number of hydrogen-bond donors (Lipinski definition) is 1. The Hall–Kier alpha value is -2.65. The topological polar surface area (TPSA) is 73.4 Å². The average molecular weight is 354 g/mol. The predicted molar refractivity (Wildman–Crippen MR) is 96.5 cm³/mol. The van der Waals surface area contributed by atoms with E-state index >= 15 is 0 Å². The molecule has 2 aliphatic rings. The van der Waals surface area contributed by atoms with Crippen LogP contribution in [0.4, 0.5) is 4.39 Å². The number of benzene rings is 1. The molecule has 1 aliphatic carbocycles. The van der Waals surface area contributed by atoms with Crippen molar-refractivity contribution in [1.82, 2.24) is 10.0 Å². The quantitative estimate of drug-likeness (QED) is 0.884. The first-order chi connectivity index (χ1) is 12.2. The molecule has 0 bridgehead atoms. The molecule has 0 radical (unpaired) electrons. The van der Waals surface area contributed by atoms with Crippen molar-refractivity contribution in [3.8, 4) is 6.07 Å². The summed E-state index contributed by atoms with van der Waals surface area (Å²) in [6, 6.07) is 8.38. The number of hydrazine groups is 1. The van der Waals surface area contributed by atoms with E-state index in [-0.39, 0.29) is 22.6 Å². The SMILES string of the molecule is CN(C)N1C(N)=C(C#N)[C@@H](c2ccccc2F)C2=C1CC(C)(C)CC2=O. The lowest BCUT2D eigenvalue weighted by Gasteiger charge is -2.45. The van der Waals surface area contributed by atoms with E-state index in [4.69, 9.17) is 5.73 Å². The van der Waals surface area contributed by atoms with Gasteiger partial charge in [0.15, 0.2) is 5.78 Å². The lowest BCUT2D eigenvalue weighted by Crippen LogP contribution is -2.47. The normalized spacial score (nSPS) is 22.6. The summed E-state index contributed by atoms with van der Waals surface area (Å²) in [5.41, 5.74) is 7.85. The van der Waals surface area contributed by atoms with Gasteiger partial charge in [0, 0.05) is 37.3 Å². The fourth-order valence-electron chi connectivity index (χ4n) is 3.97. The second-order valence-electron chi connectivity index (χ2n) is 7.83. The minimum atomic E-state index is -0.768. The molecule has 1 aliphatic heterocycles. The lowest BCUT2D eigenvalue weighted by atomic mass is 9.69. The van der Waals surface area contributed by atoms with E-state index in [2.05, 4.69) is 6.07 Å². The van der Waals surface area contributed by atoms with Crippen LogP contribution in [-0.4, -0.2) is 29.9 Å². The number of nitriles is 1. The Bertz CT molecular complexity index is 876. The molecule has 3 rings (SSSR count). The lowest BCUT2D eigenvalue weighted by molar-refractivity contribution is -0.119. The van der Waals surface area contributed by atoms with Crippen LogP contribution in [0.25, 0.3) is 0 Å². The second-order valence-corrected chi connectivity index (χ2v) is 7.83. The molecule has 0 aromatic heterocycles. The Morgan fingerprint density at radius 3 is 2.54 bits per heavy atom. The molecule has 1 aromatic rings. The highest BCUT2D eigenvalue weighted by Crippen LogP contribution is 2.49. The Morgan fingerprint density at radius 2 is 1.96 bits per heavy atom. The zero-order chi connectivity index (χ0) is 19.2. The number of allylic oxidation sites excluding steroid dienone is 3. The maximum atomic E-state index is 14.6. The molecule has 1 atom stereocenters. The first-order valence-corrected chi connectivity index (χ1v) is 8.55. The Labute approximate surface area is 153 Å². The molecule has 0 amide bonds. The van der Waals surface area contributed by atoms with Crippen molar-refractivity contribution in [2.75, 3.05) is 14.1 Å². The summed E-state index contributed by atoms with van der Waals surface area (Å²) in [5, 5.41) is 13.2. The Balaban J connectivity index is 2.32. The van der Waals surface area contributed by atoms with E-state index in [9.17, 15) is 14.4 Å². The van der Waals surface area contributed by atoms with Crippen LogP contribution in [0.3, 0.4) is 0 Å². The molecule has 0 fully saturated rings. The van der Waals surface area contributed by atoms with E-state index in [1.165, 1.54) is 6.07 Å². The monoisotopic (exact) mass is 354 g/mol. The van der Waals surface area contributed by atoms with Gasteiger partial charge < -0.3 is 5.73 Å². The summed E-state index contributed by atoms with van der Waals surface area (Å²) in [7, 11) is 3.62. The van der Waals surface area contributed by atoms with Crippen molar-refractivity contribution in [1.29, 1.82) is 5.26 Å². The number of halogens is 1. The van der Waals surface area contributed by atoms with Crippen molar-refractivity contribution in [2.45, 2.75) is 32.6 Å². The number of carbonyl (C=O) groups excluding carboxylic acids is 1. The van der Waals surface area contributed by atoms with Gasteiger partial charge in [0.1, 0.15) is 11.6 Å². The van der Waals surface area contributed by atoms with Gasteiger partial charge in [-0.2, -0.15) is 5.26 Å². The highest BCUT2D eigenvalue weighted by molar-refractivity contribution is 6.00. The predicted octanol–water partition coefficient (Wildman–Crippen LogP) is 3.04. The molecule has 0 saturated heterocycles. The van der Waals surface area contributed by atoms with E-state index in [1.54, 1.807) is 28.2 Å². The van der Waals surface area contributed by atoms with Crippen molar-refractivity contribution >= 4 is 5.78 Å². The number of carbonyl (C=O) groups is 1. The summed E-state index contributed by atoms with van der Waals surface area (Å²) < 4.78 is 14.6. The molecular weight excluding hydrogens is 331 g/mol. The van der Waals surface area contributed by atoms with Crippen molar-refractivity contribution < 1.29 is 9.18 Å². The van der Waals surface area contributed by atoms with Gasteiger partial charge in [-0.15, -0.1) is 0 Å². The van der Waals surface area contributed by atoms with Crippen LogP contribution in [0.15, 0.2) is 46.9 Å². The van der Waals surface area contributed by atoms with Gasteiger partial charge in [0.2, 0.25) is 0 Å². The molecule has 1 aromatic carbocycles. The van der Waals surface area contributed by atoms with E-state index < -0.39 is 11.7 Å². The molecule has 0 unspecified atom stereocenters. The highest BCUT2D eigenvalue weighted by atomic mass is 19.1. The zero-order valence-electron chi connectivity index (χ0n) is 15.5. The van der Waals surface area contributed by atoms with E-state index in [1.807, 2.05) is 27.9 Å². The molecule has 0 saturated carbocycles. The third-order valence-electron chi connectivity index (χ3n) is 4.97. The average Bonchev–Trinajstić information content (AvgIpc) is 2.52. The third-order valence-corrected chi connectivity index (χ3v) is 4.97. The highest BCUT2D eigenvalue weighted by Gasteiger charge is 2.45. The van der Waals surface area contributed by atoms with Crippen LogP contribution in [0, 0.1) is 22.6 Å². The van der Waals surface area contributed by atoms with Crippen LogP contribution in [0.1, 0.15) is 38.2 Å². The van der Waals surface area contributed by atoms with Gasteiger partial charge in [-0.1, -0.05) is 32.0 Å². The van der Waals surface area contributed by atoms with Crippen LogP contribution in [0.5, 0.6) is 0 Å². The summed E-state index contributed by atoms with van der Waals surface area (Å²) in [5.74, 6) is -1.02. The number of rotatable bonds is 2. The number of Topliss-reactive ketones (excluding diaryl/α,β-unsaturated/α-hetero) is 1. The Kier molecular flexibility index (Phi) is 4.37. The number of nitrogens with two attached hydrogens (primary N) is 1. The second kappa shape index (κ2) is 6.26. The number of nitrogens with zero attached hydrogens (tertiary/aromatic N) is 3. The largest absolute Gasteiger partial charge is 0.383 e. The van der Waals surface area contributed by atoms with Gasteiger partial charge >= 0.3 is 0 Å². The van der Waals surface area contributed by atoms with Crippen molar-refractivity contribution in [2.24, 2.45) is 11.1 Å². The minimum absolute atomic E-state index is 0.0587. The Morgan fingerprint density at radius 1 is 1.31 bits per heavy atom. The summed E-state index contributed by atoms with van der Waals surface area (Å²) >= 11 is 0. The van der Waals surface area contributed by atoms with E-state index in [0.29, 0.717) is 24.0 Å². The van der Waals surface area contributed by atoms with Crippen LogP contribution in [-0.2, 0) is 4.79 Å². The standard InChI is InChI=1S/C20H23FN4O/c1-20(2)9-15-18(16(26)10-20)17(12-7-5-6-8-14(12)21)13(11-22)19(23)25(15)24(3)4/h5-8,17H,9-10,23H2,1-4H3/t17-/m1/s1. The van der Waals surface area contributed by atoms with Gasteiger partial charge in [-0.3, -0.25) is 9.80 Å². The van der Waals surface area contributed by atoms with Gasteiger partial charge in [-0.05, 0) is 17.9 Å². The van der Waals surface area contributed by atoms with Crippen LogP contribution < -0.4 is 5.73 Å². The maximum Gasteiger partial charge on any atom is 0.162 e. The first-order valence-electron chi connectivity index (χ1n) is 8.55. The summed E-state index contributed by atoms with van der Waals surface area (Å²) in [4.78, 5) is 13.1. The maximum absolute atomic E-state index is 14.6. The first kappa shape index (κ1) is 18.2. The van der Waals surface area contributed by atoms with Gasteiger partial charge in [0.25, 0.3) is 0 Å². The molecular formula is C20H23FN4O. The van der Waals surface area contributed by atoms with Crippen LogP contribution >= 0.6 is 0 Å². The van der Waals surface area contributed by atoms with Crippen molar-refractivity contribution in [3.63, 3.8) is 0 Å². The summed E-state index contributed by atoms with van der Waals surface area (Å²) in [6.07, 6.45) is 0.979. The number of ketones is 1. The zero-order valence-corrected chi connectivity index (χ0v) is 15.5. The van der Waals surface area contributed by atoms with Gasteiger partial charge in [-0.25, -0.2) is 9.40 Å². The molecule has 5 nitrogen and oxygen atoms in total. The smallest absolute Gasteiger partial charge is 0.162 e. The van der Waals surface area contributed by atoms with Crippen molar-refractivity contribution in [3.05, 3.63) is 58.3 Å². The minimum Gasteiger partial charge on any atom is -0.383 e. The summed E-state index contributed by atoms with van der Waals surface area (Å²) in [6.45, 7) is 4.06. The molecule has 1 heterocycles. The number of hydrogen-bond acceptors (Lipinski definition) is 5. The van der Waals surface area contributed by atoms with E-state index in [0.717, 1.165) is 5.70 Å². The molecule has 6 heteroatoms. The fraction of sp³-hybridized carbons (Fsp3) is 0.400. The third kappa shape index (κ3) is 2.78. The molecule has 26 heavy (non-hydrogen) atoms. The molecule has 2 N–H and O–H groups in total. The van der Waals surface area contributed by atoms with Crippen LogP contribution in [0.2, 0.25) is 0 Å². The fourth-order valence-corrected chi connectivity index (χ4v) is 3.97. The van der Waals surface area contributed by atoms with Gasteiger partial charge in [0.05, 0.1) is 17.6 Å².